The molecule has 5 nitrogen and oxygen atoms in total. The molecule has 3 rings (SSSR count). The van der Waals surface area contributed by atoms with E-state index in [1.807, 2.05) is 32.0 Å². The lowest BCUT2D eigenvalue weighted by Gasteiger charge is -2.29. The number of rotatable bonds is 8. The summed E-state index contributed by atoms with van der Waals surface area (Å²) < 4.78 is 19.0. The molecule has 0 unspecified atom stereocenters. The highest BCUT2D eigenvalue weighted by Gasteiger charge is 2.28. The Labute approximate surface area is 183 Å². The minimum atomic E-state index is -0.665. The summed E-state index contributed by atoms with van der Waals surface area (Å²) in [5, 5.41) is 3.06. The van der Waals surface area contributed by atoms with Gasteiger partial charge >= 0.3 is 0 Å². The minimum Gasteiger partial charge on any atom is -0.484 e. The van der Waals surface area contributed by atoms with Crippen LogP contribution in [0.1, 0.15) is 49.3 Å². The molecule has 0 bridgehead atoms. The normalized spacial score (nSPS) is 14.8. The summed E-state index contributed by atoms with van der Waals surface area (Å²) in [4.78, 5) is 27.4. The number of benzene rings is 2. The lowest BCUT2D eigenvalue weighted by Crippen LogP contribution is -2.50. The quantitative estimate of drug-likeness (QED) is 0.685. The Bertz CT molecular complexity index is 907. The number of halogens is 1. The molecule has 1 saturated carbocycles. The summed E-state index contributed by atoms with van der Waals surface area (Å²) in [6.07, 6.45) is 4.17. The van der Waals surface area contributed by atoms with E-state index in [2.05, 4.69) is 5.32 Å². The first kappa shape index (κ1) is 22.8. The van der Waals surface area contributed by atoms with Crippen molar-refractivity contribution in [2.24, 2.45) is 0 Å². The van der Waals surface area contributed by atoms with Gasteiger partial charge < -0.3 is 15.0 Å². The highest BCUT2D eigenvalue weighted by molar-refractivity contribution is 5.88. The molecule has 31 heavy (non-hydrogen) atoms. The SMILES string of the molecule is Cc1ccc(OCC(=O)N(Cc2ccc(F)cc2)[C@H](C)C(=O)NC2CCCC2)cc1C. The Balaban J connectivity index is 1.71. The van der Waals surface area contributed by atoms with Crippen molar-refractivity contribution in [3.05, 3.63) is 65.0 Å². The maximum Gasteiger partial charge on any atom is 0.261 e. The van der Waals surface area contributed by atoms with Crippen LogP contribution in [0.5, 0.6) is 5.75 Å². The van der Waals surface area contributed by atoms with Crippen LogP contribution >= 0.6 is 0 Å². The molecule has 1 atom stereocenters. The Morgan fingerprint density at radius 2 is 1.77 bits per heavy atom. The maximum atomic E-state index is 13.3. The molecule has 1 N–H and O–H groups in total. The van der Waals surface area contributed by atoms with E-state index in [1.165, 1.54) is 17.0 Å². The molecule has 0 heterocycles. The molecule has 6 heteroatoms. The molecule has 0 aromatic heterocycles. The molecular formula is C25H31FN2O3. The van der Waals surface area contributed by atoms with Gasteiger partial charge in [0.15, 0.2) is 6.61 Å². The average Bonchev–Trinajstić information content (AvgIpc) is 3.26. The van der Waals surface area contributed by atoms with Gasteiger partial charge in [0.25, 0.3) is 5.91 Å². The smallest absolute Gasteiger partial charge is 0.261 e. The number of nitrogens with zero attached hydrogens (tertiary/aromatic N) is 1. The predicted molar refractivity (Wildman–Crippen MR) is 118 cm³/mol. The first-order chi connectivity index (χ1) is 14.8. The first-order valence-electron chi connectivity index (χ1n) is 10.9. The molecular weight excluding hydrogens is 395 g/mol. The fraction of sp³-hybridized carbons (Fsp3) is 0.440. The lowest BCUT2D eigenvalue weighted by atomic mass is 10.1. The first-order valence-corrected chi connectivity index (χ1v) is 10.9. The Hall–Kier alpha value is -2.89. The minimum absolute atomic E-state index is 0.171. The monoisotopic (exact) mass is 426 g/mol. The van der Waals surface area contributed by atoms with E-state index < -0.39 is 6.04 Å². The topological polar surface area (TPSA) is 58.6 Å². The second kappa shape index (κ2) is 10.4. The summed E-state index contributed by atoms with van der Waals surface area (Å²) >= 11 is 0. The molecule has 2 aromatic carbocycles. The molecule has 0 saturated heterocycles. The van der Waals surface area contributed by atoms with Crippen LogP contribution in [0.3, 0.4) is 0 Å². The van der Waals surface area contributed by atoms with Gasteiger partial charge in [0, 0.05) is 12.6 Å². The number of hydrogen-bond donors (Lipinski definition) is 1. The van der Waals surface area contributed by atoms with Gasteiger partial charge in [-0.15, -0.1) is 0 Å². The molecule has 2 amide bonds. The number of carbonyl (C=O) groups excluding carboxylic acids is 2. The van der Waals surface area contributed by atoms with E-state index in [1.54, 1.807) is 19.1 Å². The van der Waals surface area contributed by atoms with Crippen molar-refractivity contribution < 1.29 is 18.7 Å². The van der Waals surface area contributed by atoms with Crippen LogP contribution in [-0.4, -0.2) is 35.4 Å². The number of amides is 2. The van der Waals surface area contributed by atoms with Gasteiger partial charge in [0.1, 0.15) is 17.6 Å². The van der Waals surface area contributed by atoms with Crippen LogP contribution < -0.4 is 10.1 Å². The number of ether oxygens (including phenoxy) is 1. The average molecular weight is 427 g/mol. The number of nitrogens with one attached hydrogen (secondary N) is 1. The second-order valence-electron chi connectivity index (χ2n) is 8.35. The van der Waals surface area contributed by atoms with Gasteiger partial charge in [-0.05, 0) is 74.6 Å². The Morgan fingerprint density at radius 3 is 2.42 bits per heavy atom. The summed E-state index contributed by atoms with van der Waals surface area (Å²) in [6.45, 7) is 5.75. The van der Waals surface area contributed by atoms with Gasteiger partial charge in [0.05, 0.1) is 0 Å². The van der Waals surface area contributed by atoms with E-state index in [-0.39, 0.29) is 36.8 Å². The van der Waals surface area contributed by atoms with Crippen LogP contribution in [0.25, 0.3) is 0 Å². The fourth-order valence-corrected chi connectivity index (χ4v) is 3.79. The van der Waals surface area contributed by atoms with Crippen LogP contribution in [0.2, 0.25) is 0 Å². The molecule has 0 aliphatic heterocycles. The van der Waals surface area contributed by atoms with E-state index in [9.17, 15) is 14.0 Å². The number of aryl methyl sites for hydroxylation is 2. The van der Waals surface area contributed by atoms with E-state index in [4.69, 9.17) is 4.74 Å². The fourth-order valence-electron chi connectivity index (χ4n) is 3.79. The summed E-state index contributed by atoms with van der Waals surface area (Å²) in [5.74, 6) is -0.196. The highest BCUT2D eigenvalue weighted by atomic mass is 19.1. The molecule has 0 radical (unpaired) electrons. The zero-order chi connectivity index (χ0) is 22.4. The zero-order valence-corrected chi connectivity index (χ0v) is 18.5. The van der Waals surface area contributed by atoms with E-state index in [0.29, 0.717) is 5.75 Å². The third-order valence-corrected chi connectivity index (χ3v) is 5.98. The van der Waals surface area contributed by atoms with Crippen molar-refractivity contribution in [1.29, 1.82) is 0 Å². The largest absolute Gasteiger partial charge is 0.484 e. The summed E-state index contributed by atoms with van der Waals surface area (Å²) in [7, 11) is 0. The summed E-state index contributed by atoms with van der Waals surface area (Å²) in [6, 6.07) is 11.1. The molecule has 1 fully saturated rings. The number of hydrogen-bond acceptors (Lipinski definition) is 3. The Kier molecular flexibility index (Phi) is 7.66. The zero-order valence-electron chi connectivity index (χ0n) is 18.5. The maximum absolute atomic E-state index is 13.3. The predicted octanol–water partition coefficient (Wildman–Crippen LogP) is 4.30. The molecule has 166 valence electrons. The molecule has 0 spiro atoms. The lowest BCUT2D eigenvalue weighted by molar-refractivity contribution is -0.142. The highest BCUT2D eigenvalue weighted by Crippen LogP contribution is 2.19. The summed E-state index contributed by atoms with van der Waals surface area (Å²) in [5.41, 5.74) is 2.98. The van der Waals surface area contributed by atoms with Gasteiger partial charge in [-0.3, -0.25) is 9.59 Å². The van der Waals surface area contributed by atoms with E-state index >= 15 is 0 Å². The van der Waals surface area contributed by atoms with Crippen molar-refractivity contribution in [3.8, 4) is 5.75 Å². The van der Waals surface area contributed by atoms with Crippen molar-refractivity contribution in [2.75, 3.05) is 6.61 Å². The van der Waals surface area contributed by atoms with E-state index in [0.717, 1.165) is 42.4 Å². The van der Waals surface area contributed by atoms with Crippen molar-refractivity contribution >= 4 is 11.8 Å². The molecule has 2 aromatic rings. The molecule has 1 aliphatic rings. The number of carbonyl (C=O) groups is 2. The van der Waals surface area contributed by atoms with Gasteiger partial charge in [-0.25, -0.2) is 4.39 Å². The van der Waals surface area contributed by atoms with Crippen LogP contribution in [0.4, 0.5) is 4.39 Å². The van der Waals surface area contributed by atoms with Crippen LogP contribution in [-0.2, 0) is 16.1 Å². The van der Waals surface area contributed by atoms with Crippen molar-refractivity contribution in [1.82, 2.24) is 10.2 Å². The van der Waals surface area contributed by atoms with Crippen LogP contribution in [0.15, 0.2) is 42.5 Å². The van der Waals surface area contributed by atoms with Crippen LogP contribution in [0, 0.1) is 19.7 Å². The standard InChI is InChI=1S/C25H31FN2O3/c1-17-8-13-23(14-18(17)2)31-16-24(29)28(15-20-9-11-21(26)12-10-20)19(3)25(30)27-22-6-4-5-7-22/h8-14,19,22H,4-7,15-16H2,1-3H3,(H,27,30)/t19-/m1/s1. The van der Waals surface area contributed by atoms with Crippen molar-refractivity contribution in [3.63, 3.8) is 0 Å². The second-order valence-corrected chi connectivity index (χ2v) is 8.35. The third kappa shape index (κ3) is 6.29. The third-order valence-electron chi connectivity index (χ3n) is 5.98. The Morgan fingerprint density at radius 1 is 1.10 bits per heavy atom. The van der Waals surface area contributed by atoms with Gasteiger partial charge in [-0.2, -0.15) is 0 Å². The molecule has 1 aliphatic carbocycles. The van der Waals surface area contributed by atoms with Crippen molar-refractivity contribution in [2.45, 2.75) is 65.1 Å². The van der Waals surface area contributed by atoms with Gasteiger partial charge in [0.2, 0.25) is 5.91 Å². The van der Waals surface area contributed by atoms with Gasteiger partial charge in [-0.1, -0.05) is 31.0 Å².